The van der Waals surface area contributed by atoms with Crippen molar-refractivity contribution in [2.75, 3.05) is 12.4 Å². The Bertz CT molecular complexity index is 834. The monoisotopic (exact) mass is 430 g/mol. The van der Waals surface area contributed by atoms with Crippen molar-refractivity contribution in [1.82, 2.24) is 10.0 Å². The summed E-state index contributed by atoms with van der Waals surface area (Å²) < 4.78 is 12.4. The molecule has 1 fully saturated rings. The highest BCUT2D eigenvalue weighted by molar-refractivity contribution is 6.18. The van der Waals surface area contributed by atoms with Gasteiger partial charge in [-0.3, -0.25) is 9.59 Å². The zero-order chi connectivity index (χ0) is 21.5. The number of carbonyl (C=O) groups is 2. The average molecular weight is 431 g/mol. The van der Waals surface area contributed by atoms with Gasteiger partial charge in [-0.15, -0.1) is 11.6 Å². The number of rotatable bonds is 7. The van der Waals surface area contributed by atoms with Gasteiger partial charge < -0.3 is 9.47 Å². The van der Waals surface area contributed by atoms with Crippen LogP contribution in [-0.4, -0.2) is 52.5 Å². The summed E-state index contributed by atoms with van der Waals surface area (Å²) in [5, 5.41) is 2.82. The minimum absolute atomic E-state index is 0.119. The van der Waals surface area contributed by atoms with E-state index in [1.54, 1.807) is 0 Å². The number of hydrogen-bond acceptors (Lipinski definition) is 4. The Kier molecular flexibility index (Phi) is 7.85. The molecule has 7 heteroatoms. The Labute approximate surface area is 182 Å². The van der Waals surface area contributed by atoms with Crippen molar-refractivity contribution in [2.45, 2.75) is 45.3 Å². The van der Waals surface area contributed by atoms with Gasteiger partial charge in [0.2, 0.25) is 11.8 Å². The van der Waals surface area contributed by atoms with Crippen LogP contribution in [0.5, 0.6) is 0 Å². The van der Waals surface area contributed by atoms with Crippen molar-refractivity contribution in [3.05, 3.63) is 71.8 Å². The zero-order valence-corrected chi connectivity index (χ0v) is 18.0. The van der Waals surface area contributed by atoms with Crippen LogP contribution in [0.4, 0.5) is 0 Å². The number of ether oxygens (including phenoxy) is 2. The molecule has 1 aliphatic rings. The van der Waals surface area contributed by atoms with E-state index in [1.165, 1.54) is 23.9 Å². The highest BCUT2D eigenvalue weighted by Gasteiger charge is 2.45. The van der Waals surface area contributed by atoms with Gasteiger partial charge >= 0.3 is 0 Å². The van der Waals surface area contributed by atoms with E-state index < -0.39 is 18.2 Å². The van der Waals surface area contributed by atoms with Crippen LogP contribution in [0.1, 0.15) is 25.0 Å². The molecule has 2 aromatic carbocycles. The van der Waals surface area contributed by atoms with Crippen LogP contribution in [0.15, 0.2) is 60.7 Å². The molecule has 0 saturated carbocycles. The van der Waals surface area contributed by atoms with Gasteiger partial charge in [-0.25, -0.2) is 10.0 Å². The third-order valence-electron chi connectivity index (χ3n) is 5.11. The first-order valence-corrected chi connectivity index (χ1v) is 10.5. The Balaban J connectivity index is 1.83. The molecule has 2 amide bonds. The van der Waals surface area contributed by atoms with Crippen molar-refractivity contribution >= 4 is 23.4 Å². The van der Waals surface area contributed by atoms with Gasteiger partial charge in [0.1, 0.15) is 12.2 Å². The second kappa shape index (κ2) is 10.6. The molecule has 0 unspecified atom stereocenters. The van der Waals surface area contributed by atoms with Gasteiger partial charge in [0.25, 0.3) is 0 Å². The van der Waals surface area contributed by atoms with E-state index in [0.29, 0.717) is 13.2 Å². The summed E-state index contributed by atoms with van der Waals surface area (Å²) in [4.78, 5) is 24.6. The highest BCUT2D eigenvalue weighted by Crippen LogP contribution is 2.27. The summed E-state index contributed by atoms with van der Waals surface area (Å²) in [5.74, 6) is -0.380. The molecule has 0 aliphatic carbocycles. The van der Waals surface area contributed by atoms with Crippen molar-refractivity contribution in [2.24, 2.45) is 0 Å². The van der Waals surface area contributed by atoms with Crippen molar-refractivity contribution in [3.63, 3.8) is 0 Å². The first kappa shape index (κ1) is 22.3. The normalized spacial score (nSPS) is 21.5. The fraction of sp³-hybridized carbons (Fsp3) is 0.391. The first-order valence-electron chi connectivity index (χ1n) is 9.96. The van der Waals surface area contributed by atoms with Gasteiger partial charge in [-0.2, -0.15) is 0 Å². The van der Waals surface area contributed by atoms with Crippen LogP contribution < -0.4 is 0 Å². The number of hydrogen-bond donors (Lipinski definition) is 0. The number of benzene rings is 2. The fourth-order valence-corrected chi connectivity index (χ4v) is 3.98. The molecule has 1 saturated heterocycles. The van der Waals surface area contributed by atoms with Crippen LogP contribution in [0.25, 0.3) is 0 Å². The van der Waals surface area contributed by atoms with Crippen molar-refractivity contribution in [1.29, 1.82) is 0 Å². The Morgan fingerprint density at radius 1 is 0.900 bits per heavy atom. The maximum atomic E-state index is 12.4. The molecule has 0 bridgehead atoms. The van der Waals surface area contributed by atoms with E-state index in [0.717, 1.165) is 11.1 Å². The maximum absolute atomic E-state index is 12.4. The molecule has 160 valence electrons. The van der Waals surface area contributed by atoms with Gasteiger partial charge in [0.05, 0.1) is 25.8 Å². The Morgan fingerprint density at radius 3 is 1.90 bits per heavy atom. The van der Waals surface area contributed by atoms with Crippen LogP contribution in [0, 0.1) is 0 Å². The maximum Gasteiger partial charge on any atom is 0.238 e. The molecule has 3 atom stereocenters. The third kappa shape index (κ3) is 5.39. The largest absolute Gasteiger partial charge is 0.369 e. The summed E-state index contributed by atoms with van der Waals surface area (Å²) in [6.07, 6.45) is -0.914. The number of halogens is 1. The van der Waals surface area contributed by atoms with Crippen molar-refractivity contribution in [3.8, 4) is 0 Å². The molecule has 3 rings (SSSR count). The minimum Gasteiger partial charge on any atom is -0.369 e. The lowest BCUT2D eigenvalue weighted by Crippen LogP contribution is -2.68. The van der Waals surface area contributed by atoms with E-state index in [1.807, 2.05) is 60.7 Å². The highest BCUT2D eigenvalue weighted by atomic mass is 35.5. The van der Waals surface area contributed by atoms with E-state index in [4.69, 9.17) is 21.1 Å². The molecule has 0 spiro atoms. The molecular weight excluding hydrogens is 404 g/mol. The Hall–Kier alpha value is -2.41. The molecule has 30 heavy (non-hydrogen) atoms. The first-order chi connectivity index (χ1) is 14.5. The number of carbonyl (C=O) groups excluding carboxylic acids is 2. The molecular formula is C23H27ClN2O4. The van der Waals surface area contributed by atoms with Crippen LogP contribution >= 0.6 is 11.6 Å². The SMILES string of the molecule is CC(=O)N1C[C@@H](OCc2ccccc2)[C@H](OCc2ccccc2)[C@@H](CCl)N1C(C)=O. The second-order valence-electron chi connectivity index (χ2n) is 7.28. The standard InChI is InChI=1S/C23H27ClN2O4/c1-17(27)25-14-22(29-15-19-9-5-3-6-10-19)23(21(13-24)26(25)18(2)28)30-16-20-11-7-4-8-12-20/h3-12,21-23H,13-16H2,1-2H3/t21-,22-,23-/m1/s1. The second-order valence-corrected chi connectivity index (χ2v) is 7.59. The summed E-state index contributed by atoms with van der Waals surface area (Å²) >= 11 is 6.28. The predicted octanol–water partition coefficient (Wildman–Crippen LogP) is 3.39. The molecule has 0 radical (unpaired) electrons. The number of alkyl halides is 1. The van der Waals surface area contributed by atoms with Gasteiger partial charge in [0, 0.05) is 19.7 Å². The third-order valence-corrected chi connectivity index (χ3v) is 5.43. The average Bonchev–Trinajstić information content (AvgIpc) is 2.76. The van der Waals surface area contributed by atoms with E-state index >= 15 is 0 Å². The smallest absolute Gasteiger partial charge is 0.238 e. The number of hydrazine groups is 1. The zero-order valence-electron chi connectivity index (χ0n) is 17.2. The summed E-state index contributed by atoms with van der Waals surface area (Å²) in [5.41, 5.74) is 2.03. The summed E-state index contributed by atoms with van der Waals surface area (Å²) in [6.45, 7) is 3.80. The van der Waals surface area contributed by atoms with Crippen LogP contribution in [-0.2, 0) is 32.3 Å². The number of nitrogens with zero attached hydrogens (tertiary/aromatic N) is 2. The quantitative estimate of drug-likeness (QED) is 0.632. The molecule has 1 heterocycles. The summed E-state index contributed by atoms with van der Waals surface area (Å²) in [7, 11) is 0. The lowest BCUT2D eigenvalue weighted by molar-refractivity contribution is -0.213. The minimum atomic E-state index is -0.522. The predicted molar refractivity (Wildman–Crippen MR) is 114 cm³/mol. The molecule has 0 N–H and O–H groups in total. The van der Waals surface area contributed by atoms with E-state index in [9.17, 15) is 9.59 Å². The lowest BCUT2D eigenvalue weighted by atomic mass is 10.0. The van der Waals surface area contributed by atoms with Crippen LogP contribution in [0.2, 0.25) is 0 Å². The summed E-state index contributed by atoms with van der Waals surface area (Å²) in [6, 6.07) is 19.1. The van der Waals surface area contributed by atoms with Gasteiger partial charge in [-0.1, -0.05) is 60.7 Å². The molecule has 0 aromatic heterocycles. The number of amides is 2. The van der Waals surface area contributed by atoms with E-state index in [-0.39, 0.29) is 24.2 Å². The Morgan fingerprint density at radius 2 is 1.43 bits per heavy atom. The van der Waals surface area contributed by atoms with Crippen molar-refractivity contribution < 1.29 is 19.1 Å². The van der Waals surface area contributed by atoms with Crippen LogP contribution in [0.3, 0.4) is 0 Å². The lowest BCUT2D eigenvalue weighted by Gasteiger charge is -2.49. The molecule has 2 aromatic rings. The van der Waals surface area contributed by atoms with Gasteiger partial charge in [0.15, 0.2) is 0 Å². The molecule has 6 nitrogen and oxygen atoms in total. The molecule has 1 aliphatic heterocycles. The topological polar surface area (TPSA) is 59.1 Å². The van der Waals surface area contributed by atoms with Gasteiger partial charge in [-0.05, 0) is 11.1 Å². The fourth-order valence-electron chi connectivity index (χ4n) is 3.68. The van der Waals surface area contributed by atoms with E-state index in [2.05, 4.69) is 0 Å².